The number of rotatable bonds is 2. The molecule has 0 atom stereocenters. The normalized spacial score (nSPS) is 16.8. The van der Waals surface area contributed by atoms with E-state index < -0.39 is 0 Å². The summed E-state index contributed by atoms with van der Waals surface area (Å²) in [5.41, 5.74) is 1.06. The van der Waals surface area contributed by atoms with Gasteiger partial charge in [0.1, 0.15) is 11.5 Å². The third-order valence-electron chi connectivity index (χ3n) is 4.00. The van der Waals surface area contributed by atoms with Crippen LogP contribution in [0.1, 0.15) is 23.3 Å². The second-order valence-electron chi connectivity index (χ2n) is 5.30. The number of aliphatic hydroxyl groups is 1. The number of halogens is 1. The molecule has 3 rings (SSSR count). The van der Waals surface area contributed by atoms with Crippen LogP contribution < -0.4 is 0 Å². The smallest absolute Gasteiger partial charge is 0.270 e. The first kappa shape index (κ1) is 13.1. The van der Waals surface area contributed by atoms with Gasteiger partial charge in [0.2, 0.25) is 0 Å². The molecule has 106 valence electrons. The Morgan fingerprint density at radius 3 is 2.80 bits per heavy atom. The molecule has 1 saturated heterocycles. The zero-order valence-corrected chi connectivity index (χ0v) is 11.1. The summed E-state index contributed by atoms with van der Waals surface area (Å²) in [6.07, 6.45) is 1.63. The molecule has 0 radical (unpaired) electrons. The fourth-order valence-electron chi connectivity index (χ4n) is 2.72. The van der Waals surface area contributed by atoms with Gasteiger partial charge in [0.15, 0.2) is 0 Å². The molecule has 0 saturated carbocycles. The number of nitrogens with one attached hydrogen (secondary N) is 1. The van der Waals surface area contributed by atoms with E-state index in [1.54, 1.807) is 23.1 Å². The van der Waals surface area contributed by atoms with E-state index in [9.17, 15) is 9.18 Å². The van der Waals surface area contributed by atoms with Crippen molar-refractivity contribution in [3.8, 4) is 0 Å². The monoisotopic (exact) mass is 276 g/mol. The van der Waals surface area contributed by atoms with Gasteiger partial charge in [0.25, 0.3) is 5.91 Å². The number of carbonyl (C=O) groups excluding carboxylic acids is 1. The van der Waals surface area contributed by atoms with Crippen molar-refractivity contribution in [2.45, 2.75) is 12.8 Å². The highest BCUT2D eigenvalue weighted by Crippen LogP contribution is 2.22. The molecule has 2 heterocycles. The Morgan fingerprint density at radius 2 is 2.15 bits per heavy atom. The highest BCUT2D eigenvalue weighted by molar-refractivity contribution is 5.98. The topological polar surface area (TPSA) is 56.3 Å². The largest absolute Gasteiger partial charge is 0.396 e. The van der Waals surface area contributed by atoms with E-state index in [0.717, 1.165) is 12.8 Å². The maximum atomic E-state index is 13.6. The summed E-state index contributed by atoms with van der Waals surface area (Å²) in [6, 6.07) is 6.34. The molecule has 1 fully saturated rings. The minimum atomic E-state index is -0.322. The fourth-order valence-corrected chi connectivity index (χ4v) is 2.72. The highest BCUT2D eigenvalue weighted by Gasteiger charge is 2.24. The lowest BCUT2D eigenvalue weighted by atomic mass is 9.98. The first-order valence-electron chi connectivity index (χ1n) is 6.86. The summed E-state index contributed by atoms with van der Waals surface area (Å²) >= 11 is 0. The fraction of sp³-hybridized carbons (Fsp3) is 0.400. The Morgan fingerprint density at radius 1 is 1.40 bits per heavy atom. The Bertz CT molecular complexity index is 630. The summed E-state index contributed by atoms with van der Waals surface area (Å²) in [5.74, 6) is -0.131. The van der Waals surface area contributed by atoms with E-state index in [2.05, 4.69) is 4.98 Å². The Kier molecular flexibility index (Phi) is 3.44. The van der Waals surface area contributed by atoms with Crippen LogP contribution in [0.2, 0.25) is 0 Å². The number of benzene rings is 1. The molecule has 1 aliphatic heterocycles. The van der Waals surface area contributed by atoms with Gasteiger partial charge in [-0.05, 0) is 37.0 Å². The average molecular weight is 276 g/mol. The van der Waals surface area contributed by atoms with Crippen LogP contribution in [-0.2, 0) is 0 Å². The molecule has 2 aromatic rings. The van der Waals surface area contributed by atoms with Crippen LogP contribution in [0.25, 0.3) is 10.9 Å². The lowest BCUT2D eigenvalue weighted by Gasteiger charge is -2.30. The Balaban J connectivity index is 1.81. The summed E-state index contributed by atoms with van der Waals surface area (Å²) in [7, 11) is 0. The van der Waals surface area contributed by atoms with Gasteiger partial charge in [-0.25, -0.2) is 4.39 Å². The van der Waals surface area contributed by atoms with Crippen LogP contribution in [0.3, 0.4) is 0 Å². The number of hydrogen-bond acceptors (Lipinski definition) is 2. The second-order valence-corrected chi connectivity index (χ2v) is 5.30. The van der Waals surface area contributed by atoms with Crippen LogP contribution in [0.4, 0.5) is 4.39 Å². The number of nitrogens with zero attached hydrogens (tertiary/aromatic N) is 1. The Labute approximate surface area is 116 Å². The molecule has 1 amide bonds. The van der Waals surface area contributed by atoms with Crippen molar-refractivity contribution in [3.05, 3.63) is 35.8 Å². The number of aromatic amines is 1. The van der Waals surface area contributed by atoms with Crippen LogP contribution in [0.5, 0.6) is 0 Å². The number of aromatic nitrogens is 1. The van der Waals surface area contributed by atoms with Gasteiger partial charge in [-0.2, -0.15) is 0 Å². The van der Waals surface area contributed by atoms with Gasteiger partial charge in [-0.3, -0.25) is 4.79 Å². The summed E-state index contributed by atoms with van der Waals surface area (Å²) < 4.78 is 13.6. The molecule has 0 aliphatic carbocycles. The van der Waals surface area contributed by atoms with Gasteiger partial charge >= 0.3 is 0 Å². The summed E-state index contributed by atoms with van der Waals surface area (Å²) in [6.45, 7) is 1.46. The molecular weight excluding hydrogens is 259 g/mol. The zero-order valence-electron chi connectivity index (χ0n) is 11.1. The summed E-state index contributed by atoms with van der Waals surface area (Å²) in [5, 5.41) is 9.55. The standard InChI is InChI=1S/C15H17FN2O2/c16-12-2-1-3-13-11(12)8-14(17-13)15(20)18-6-4-10(9-19)5-7-18/h1-3,8,10,17,19H,4-7,9H2. The van der Waals surface area contributed by atoms with Crippen molar-refractivity contribution in [1.82, 2.24) is 9.88 Å². The molecular formula is C15H17FN2O2. The van der Waals surface area contributed by atoms with Crippen molar-refractivity contribution in [1.29, 1.82) is 0 Å². The first-order chi connectivity index (χ1) is 9.69. The molecule has 0 unspecified atom stereocenters. The number of carbonyl (C=O) groups is 1. The van der Waals surface area contributed by atoms with E-state index in [1.807, 2.05) is 0 Å². The Hall–Kier alpha value is -1.88. The molecule has 1 aliphatic rings. The number of piperidine rings is 1. The van der Waals surface area contributed by atoms with Crippen LogP contribution in [0.15, 0.2) is 24.3 Å². The second kappa shape index (κ2) is 5.25. The first-order valence-corrected chi connectivity index (χ1v) is 6.86. The number of amides is 1. The van der Waals surface area contributed by atoms with Crippen LogP contribution >= 0.6 is 0 Å². The number of aliphatic hydroxyl groups excluding tert-OH is 1. The van der Waals surface area contributed by atoms with E-state index >= 15 is 0 Å². The average Bonchev–Trinajstić information content (AvgIpc) is 2.92. The van der Waals surface area contributed by atoms with Crippen LogP contribution in [-0.4, -0.2) is 40.6 Å². The maximum absolute atomic E-state index is 13.6. The minimum absolute atomic E-state index is 0.100. The van der Waals surface area contributed by atoms with E-state index in [4.69, 9.17) is 5.11 Å². The number of likely N-dealkylation sites (tertiary alicyclic amines) is 1. The summed E-state index contributed by atoms with van der Waals surface area (Å²) in [4.78, 5) is 17.1. The molecule has 0 spiro atoms. The number of fused-ring (bicyclic) bond motifs is 1. The zero-order chi connectivity index (χ0) is 14.1. The quantitative estimate of drug-likeness (QED) is 0.883. The van der Waals surface area contributed by atoms with Gasteiger partial charge in [0.05, 0.1) is 0 Å². The molecule has 2 N–H and O–H groups in total. The van der Waals surface area contributed by atoms with Crippen LogP contribution in [0, 0.1) is 11.7 Å². The molecule has 0 bridgehead atoms. The molecule has 4 nitrogen and oxygen atoms in total. The van der Waals surface area contributed by atoms with Gasteiger partial charge in [-0.1, -0.05) is 6.07 Å². The van der Waals surface area contributed by atoms with E-state index in [1.165, 1.54) is 6.07 Å². The minimum Gasteiger partial charge on any atom is -0.396 e. The molecule has 1 aromatic carbocycles. The highest BCUT2D eigenvalue weighted by atomic mass is 19.1. The lowest BCUT2D eigenvalue weighted by Crippen LogP contribution is -2.39. The molecule has 5 heteroatoms. The van der Waals surface area contributed by atoms with Crippen molar-refractivity contribution >= 4 is 16.8 Å². The SMILES string of the molecule is O=C(c1cc2c(F)cccc2[nH]1)N1CCC(CO)CC1. The van der Waals surface area contributed by atoms with E-state index in [0.29, 0.717) is 35.6 Å². The third-order valence-corrected chi connectivity index (χ3v) is 4.00. The lowest BCUT2D eigenvalue weighted by molar-refractivity contribution is 0.0646. The molecule has 1 aromatic heterocycles. The van der Waals surface area contributed by atoms with Gasteiger partial charge in [0, 0.05) is 30.6 Å². The van der Waals surface area contributed by atoms with Crippen molar-refractivity contribution in [2.75, 3.05) is 19.7 Å². The predicted octanol–water partition coefficient (Wildman–Crippen LogP) is 2.15. The van der Waals surface area contributed by atoms with Crippen molar-refractivity contribution in [2.24, 2.45) is 5.92 Å². The van der Waals surface area contributed by atoms with Crippen molar-refractivity contribution < 1.29 is 14.3 Å². The van der Waals surface area contributed by atoms with Gasteiger partial charge in [-0.15, -0.1) is 0 Å². The number of H-pyrrole nitrogens is 1. The predicted molar refractivity (Wildman–Crippen MR) is 74.0 cm³/mol. The van der Waals surface area contributed by atoms with E-state index in [-0.39, 0.29) is 18.3 Å². The third kappa shape index (κ3) is 2.29. The number of hydrogen-bond donors (Lipinski definition) is 2. The van der Waals surface area contributed by atoms with Gasteiger partial charge < -0.3 is 15.0 Å². The maximum Gasteiger partial charge on any atom is 0.270 e. The van der Waals surface area contributed by atoms with Crippen molar-refractivity contribution in [3.63, 3.8) is 0 Å². The molecule has 20 heavy (non-hydrogen) atoms.